The molecule has 0 aromatic heterocycles. The van der Waals surface area contributed by atoms with Crippen LogP contribution in [-0.2, 0) is 14.2 Å². The molecule has 0 aliphatic heterocycles. The summed E-state index contributed by atoms with van der Waals surface area (Å²) in [4.78, 5) is 11.4. The average Bonchev–Trinajstić information content (AvgIpc) is 2.28. The number of ether oxygens (including phenoxy) is 3. The second kappa shape index (κ2) is 8.08. The maximum atomic E-state index is 11.4. The van der Waals surface area contributed by atoms with E-state index in [1.807, 2.05) is 13.8 Å². The minimum atomic E-state index is -0.713. The molecule has 0 aromatic carbocycles. The quantitative estimate of drug-likeness (QED) is 0.400. The molecule has 0 fully saturated rings. The number of nitrogens with two attached hydrogens (primary N) is 1. The molecule has 0 spiro atoms. The summed E-state index contributed by atoms with van der Waals surface area (Å²) in [5.41, 5.74) is 4.52. The van der Waals surface area contributed by atoms with Crippen LogP contribution < -0.4 is 5.73 Å². The van der Waals surface area contributed by atoms with Gasteiger partial charge in [0.15, 0.2) is 0 Å². The SMILES string of the molecule is C=CC(C)(OC(=O)OCCOCCN)C(C)C. The molecule has 1 unspecified atom stereocenters. The van der Waals surface area contributed by atoms with Crippen molar-refractivity contribution in [2.45, 2.75) is 26.4 Å². The van der Waals surface area contributed by atoms with E-state index >= 15 is 0 Å². The summed E-state index contributed by atoms with van der Waals surface area (Å²) in [6.45, 7) is 10.7. The summed E-state index contributed by atoms with van der Waals surface area (Å²) in [6, 6.07) is 0. The van der Waals surface area contributed by atoms with Crippen LogP contribution in [0.4, 0.5) is 4.79 Å². The van der Waals surface area contributed by atoms with Gasteiger partial charge in [0, 0.05) is 6.54 Å². The lowest BCUT2D eigenvalue weighted by molar-refractivity contribution is -0.0314. The van der Waals surface area contributed by atoms with Crippen LogP contribution in [0.3, 0.4) is 0 Å². The highest BCUT2D eigenvalue weighted by molar-refractivity contribution is 5.60. The molecule has 17 heavy (non-hydrogen) atoms. The first-order valence-corrected chi connectivity index (χ1v) is 5.73. The molecule has 0 aliphatic carbocycles. The fourth-order valence-corrected chi connectivity index (χ4v) is 0.974. The van der Waals surface area contributed by atoms with Gasteiger partial charge in [0.1, 0.15) is 12.2 Å². The molecule has 0 radical (unpaired) electrons. The molecule has 0 bridgehead atoms. The standard InChI is InChI=1S/C12H23NO4/c1-5-12(4,10(2)3)17-11(14)16-9-8-15-7-6-13/h5,10H,1,6-9,13H2,2-4H3. The van der Waals surface area contributed by atoms with Crippen LogP contribution >= 0.6 is 0 Å². The normalized spacial score (nSPS) is 14.2. The number of carbonyl (C=O) groups is 1. The van der Waals surface area contributed by atoms with Gasteiger partial charge in [-0.3, -0.25) is 0 Å². The van der Waals surface area contributed by atoms with E-state index in [1.165, 1.54) is 0 Å². The molecule has 5 heteroatoms. The van der Waals surface area contributed by atoms with E-state index in [1.54, 1.807) is 13.0 Å². The van der Waals surface area contributed by atoms with Gasteiger partial charge in [-0.25, -0.2) is 4.79 Å². The van der Waals surface area contributed by atoms with Gasteiger partial charge in [-0.15, -0.1) is 0 Å². The molecule has 0 saturated heterocycles. The smallest absolute Gasteiger partial charge is 0.432 e. The van der Waals surface area contributed by atoms with E-state index in [-0.39, 0.29) is 12.5 Å². The third kappa shape index (κ3) is 6.28. The molecular formula is C12H23NO4. The maximum absolute atomic E-state index is 11.4. The first kappa shape index (κ1) is 15.9. The average molecular weight is 245 g/mol. The Labute approximate surface area is 103 Å². The summed E-state index contributed by atoms with van der Waals surface area (Å²) in [5, 5.41) is 0. The molecule has 0 rings (SSSR count). The zero-order valence-corrected chi connectivity index (χ0v) is 10.9. The Bertz CT molecular complexity index is 243. The molecule has 1 atom stereocenters. The van der Waals surface area contributed by atoms with Crippen molar-refractivity contribution in [3.8, 4) is 0 Å². The number of hydrogen-bond acceptors (Lipinski definition) is 5. The summed E-state index contributed by atoms with van der Waals surface area (Å²) in [7, 11) is 0. The van der Waals surface area contributed by atoms with Crippen LogP contribution in [0.2, 0.25) is 0 Å². The van der Waals surface area contributed by atoms with E-state index < -0.39 is 11.8 Å². The van der Waals surface area contributed by atoms with Gasteiger partial charge >= 0.3 is 6.16 Å². The highest BCUT2D eigenvalue weighted by atomic mass is 16.7. The predicted octanol–water partition coefficient (Wildman–Crippen LogP) is 1.72. The van der Waals surface area contributed by atoms with Crippen molar-refractivity contribution in [2.75, 3.05) is 26.4 Å². The van der Waals surface area contributed by atoms with E-state index in [9.17, 15) is 4.79 Å². The van der Waals surface area contributed by atoms with E-state index in [0.717, 1.165) is 0 Å². The fourth-order valence-electron chi connectivity index (χ4n) is 0.974. The Hall–Kier alpha value is -1.07. The number of carbonyl (C=O) groups excluding carboxylic acids is 1. The summed E-state index contributed by atoms with van der Waals surface area (Å²) in [5.74, 6) is 0.126. The zero-order chi connectivity index (χ0) is 13.3. The van der Waals surface area contributed by atoms with Crippen LogP contribution in [0.25, 0.3) is 0 Å². The third-order valence-electron chi connectivity index (χ3n) is 2.56. The Morgan fingerprint density at radius 2 is 2.06 bits per heavy atom. The maximum Gasteiger partial charge on any atom is 0.509 e. The van der Waals surface area contributed by atoms with Gasteiger partial charge in [-0.05, 0) is 18.9 Å². The molecule has 100 valence electrons. The van der Waals surface area contributed by atoms with Gasteiger partial charge in [0.25, 0.3) is 0 Å². The van der Waals surface area contributed by atoms with Crippen molar-refractivity contribution in [3.05, 3.63) is 12.7 Å². The fraction of sp³-hybridized carbons (Fsp3) is 0.750. The lowest BCUT2D eigenvalue weighted by atomic mass is 9.93. The third-order valence-corrected chi connectivity index (χ3v) is 2.56. The molecule has 0 heterocycles. The van der Waals surface area contributed by atoms with Crippen molar-refractivity contribution >= 4 is 6.16 Å². The minimum Gasteiger partial charge on any atom is -0.432 e. The Morgan fingerprint density at radius 1 is 1.41 bits per heavy atom. The molecule has 0 amide bonds. The van der Waals surface area contributed by atoms with Gasteiger partial charge < -0.3 is 19.9 Å². The second-order valence-electron chi connectivity index (χ2n) is 4.14. The molecule has 0 aliphatic rings. The highest BCUT2D eigenvalue weighted by Gasteiger charge is 2.29. The zero-order valence-electron chi connectivity index (χ0n) is 10.9. The molecule has 2 N–H and O–H groups in total. The van der Waals surface area contributed by atoms with Crippen LogP contribution in [0, 0.1) is 5.92 Å². The Balaban J connectivity index is 3.88. The van der Waals surface area contributed by atoms with Crippen LogP contribution in [-0.4, -0.2) is 38.1 Å². The monoisotopic (exact) mass is 245 g/mol. The van der Waals surface area contributed by atoms with Gasteiger partial charge in [-0.2, -0.15) is 0 Å². The Morgan fingerprint density at radius 3 is 2.53 bits per heavy atom. The number of hydrogen-bond donors (Lipinski definition) is 1. The van der Waals surface area contributed by atoms with Crippen molar-refractivity contribution in [1.29, 1.82) is 0 Å². The molecule has 0 aromatic rings. The highest BCUT2D eigenvalue weighted by Crippen LogP contribution is 2.22. The van der Waals surface area contributed by atoms with E-state index in [4.69, 9.17) is 19.9 Å². The molecule has 0 saturated carbocycles. The Kier molecular flexibility index (Phi) is 7.58. The first-order valence-electron chi connectivity index (χ1n) is 5.73. The second-order valence-corrected chi connectivity index (χ2v) is 4.14. The topological polar surface area (TPSA) is 70.8 Å². The van der Waals surface area contributed by atoms with E-state index in [0.29, 0.717) is 19.8 Å². The number of rotatable bonds is 8. The lowest BCUT2D eigenvalue weighted by Gasteiger charge is -2.29. The first-order chi connectivity index (χ1) is 7.96. The summed E-state index contributed by atoms with van der Waals surface area (Å²) < 4.78 is 15.1. The van der Waals surface area contributed by atoms with Crippen molar-refractivity contribution in [2.24, 2.45) is 11.7 Å². The van der Waals surface area contributed by atoms with Gasteiger partial charge in [0.2, 0.25) is 0 Å². The molecule has 5 nitrogen and oxygen atoms in total. The van der Waals surface area contributed by atoms with Crippen LogP contribution in [0.1, 0.15) is 20.8 Å². The van der Waals surface area contributed by atoms with Crippen molar-refractivity contribution < 1.29 is 19.0 Å². The minimum absolute atomic E-state index is 0.126. The summed E-state index contributed by atoms with van der Waals surface area (Å²) in [6.07, 6.45) is 0.890. The van der Waals surface area contributed by atoms with E-state index in [2.05, 4.69) is 6.58 Å². The van der Waals surface area contributed by atoms with Crippen LogP contribution in [0.5, 0.6) is 0 Å². The van der Waals surface area contributed by atoms with Gasteiger partial charge in [-0.1, -0.05) is 20.4 Å². The van der Waals surface area contributed by atoms with Crippen LogP contribution in [0.15, 0.2) is 12.7 Å². The largest absolute Gasteiger partial charge is 0.509 e. The van der Waals surface area contributed by atoms with Gasteiger partial charge in [0.05, 0.1) is 13.2 Å². The summed E-state index contributed by atoms with van der Waals surface area (Å²) >= 11 is 0. The molecular weight excluding hydrogens is 222 g/mol. The van der Waals surface area contributed by atoms with Crippen molar-refractivity contribution in [3.63, 3.8) is 0 Å². The van der Waals surface area contributed by atoms with Crippen molar-refractivity contribution in [1.82, 2.24) is 0 Å². The lowest BCUT2D eigenvalue weighted by Crippen LogP contribution is -2.35. The predicted molar refractivity (Wildman–Crippen MR) is 65.7 cm³/mol.